The van der Waals surface area contributed by atoms with Gasteiger partial charge in [0.05, 0.1) is 0 Å². The molecule has 2 rings (SSSR count). The predicted molar refractivity (Wildman–Crippen MR) is 66.9 cm³/mol. The molecular weight excluding hydrogens is 232 g/mol. The van der Waals surface area contributed by atoms with Crippen molar-refractivity contribution >= 4 is 11.8 Å². The van der Waals surface area contributed by atoms with Crippen molar-refractivity contribution in [2.75, 3.05) is 19.8 Å². The van der Waals surface area contributed by atoms with Crippen LogP contribution < -0.4 is 5.32 Å². The van der Waals surface area contributed by atoms with Crippen LogP contribution in [-0.2, 0) is 14.3 Å². The van der Waals surface area contributed by atoms with Crippen molar-refractivity contribution in [1.29, 1.82) is 0 Å². The number of nitrogens with one attached hydrogen (secondary N) is 1. The molecule has 2 aliphatic rings. The summed E-state index contributed by atoms with van der Waals surface area (Å²) in [5, 5.41) is 2.73. The Morgan fingerprint density at radius 3 is 2.61 bits per heavy atom. The van der Waals surface area contributed by atoms with Crippen LogP contribution in [0.25, 0.3) is 0 Å². The number of hydrogen-bond donors (Lipinski definition) is 1. The Bertz CT molecular complexity index is 326. The Morgan fingerprint density at radius 1 is 1.28 bits per heavy atom. The zero-order valence-corrected chi connectivity index (χ0v) is 11.1. The molecule has 0 aliphatic carbocycles. The van der Waals surface area contributed by atoms with E-state index in [0.717, 1.165) is 32.6 Å². The van der Waals surface area contributed by atoms with Gasteiger partial charge in [0, 0.05) is 32.2 Å². The second-order valence-corrected chi connectivity index (χ2v) is 5.39. The Hall–Kier alpha value is -1.10. The Balaban J connectivity index is 2.02. The molecule has 2 aliphatic heterocycles. The van der Waals surface area contributed by atoms with Crippen LogP contribution in [0.3, 0.4) is 0 Å². The topological polar surface area (TPSA) is 58.6 Å². The fourth-order valence-corrected chi connectivity index (χ4v) is 2.68. The van der Waals surface area contributed by atoms with E-state index in [1.807, 2.05) is 11.8 Å². The van der Waals surface area contributed by atoms with Crippen molar-refractivity contribution in [3.63, 3.8) is 0 Å². The van der Waals surface area contributed by atoms with E-state index >= 15 is 0 Å². The highest BCUT2D eigenvalue weighted by molar-refractivity contribution is 5.90. The molecule has 0 radical (unpaired) electrons. The SMILES string of the molecule is CC1NC(=O)CC(C)N(CC2CCOCC2)C1=O. The van der Waals surface area contributed by atoms with Crippen LogP contribution in [0.15, 0.2) is 0 Å². The molecule has 0 bridgehead atoms. The molecule has 5 nitrogen and oxygen atoms in total. The minimum Gasteiger partial charge on any atom is -0.381 e. The molecule has 0 spiro atoms. The minimum atomic E-state index is -0.401. The van der Waals surface area contributed by atoms with Crippen LogP contribution in [0, 0.1) is 5.92 Å². The predicted octanol–water partition coefficient (Wildman–Crippen LogP) is 0.539. The summed E-state index contributed by atoms with van der Waals surface area (Å²) in [5.74, 6) is 0.517. The van der Waals surface area contributed by atoms with E-state index in [1.165, 1.54) is 0 Å². The van der Waals surface area contributed by atoms with E-state index in [-0.39, 0.29) is 17.9 Å². The van der Waals surface area contributed by atoms with E-state index < -0.39 is 6.04 Å². The number of hydrogen-bond acceptors (Lipinski definition) is 3. The molecule has 2 atom stereocenters. The lowest BCUT2D eigenvalue weighted by atomic mass is 9.98. The van der Waals surface area contributed by atoms with Crippen LogP contribution >= 0.6 is 0 Å². The second-order valence-electron chi connectivity index (χ2n) is 5.39. The number of amides is 2. The zero-order valence-electron chi connectivity index (χ0n) is 11.1. The molecule has 2 fully saturated rings. The van der Waals surface area contributed by atoms with Crippen LogP contribution in [0.5, 0.6) is 0 Å². The lowest BCUT2D eigenvalue weighted by molar-refractivity contribution is -0.135. The van der Waals surface area contributed by atoms with Gasteiger partial charge in [-0.15, -0.1) is 0 Å². The van der Waals surface area contributed by atoms with Crippen LogP contribution in [-0.4, -0.2) is 48.6 Å². The largest absolute Gasteiger partial charge is 0.381 e. The molecule has 0 aromatic carbocycles. The molecule has 0 saturated carbocycles. The summed E-state index contributed by atoms with van der Waals surface area (Å²) < 4.78 is 5.34. The van der Waals surface area contributed by atoms with E-state index in [0.29, 0.717) is 12.3 Å². The summed E-state index contributed by atoms with van der Waals surface area (Å²) in [4.78, 5) is 25.7. The second kappa shape index (κ2) is 5.69. The van der Waals surface area contributed by atoms with Gasteiger partial charge < -0.3 is 15.0 Å². The number of ether oxygens (including phenoxy) is 1. The van der Waals surface area contributed by atoms with Crippen LogP contribution in [0.4, 0.5) is 0 Å². The average Bonchev–Trinajstić information content (AvgIpc) is 2.43. The minimum absolute atomic E-state index is 0.00899. The summed E-state index contributed by atoms with van der Waals surface area (Å²) in [6, 6.07) is -0.410. The molecule has 5 heteroatoms. The van der Waals surface area contributed by atoms with E-state index in [4.69, 9.17) is 4.74 Å². The van der Waals surface area contributed by atoms with Gasteiger partial charge in [-0.1, -0.05) is 0 Å². The highest BCUT2D eigenvalue weighted by Gasteiger charge is 2.32. The summed E-state index contributed by atoms with van der Waals surface area (Å²) >= 11 is 0. The molecule has 1 N–H and O–H groups in total. The monoisotopic (exact) mass is 254 g/mol. The van der Waals surface area contributed by atoms with Crippen LogP contribution in [0.1, 0.15) is 33.1 Å². The third-order valence-corrected chi connectivity index (χ3v) is 3.84. The zero-order chi connectivity index (χ0) is 13.1. The maximum absolute atomic E-state index is 12.3. The standard InChI is InChI=1S/C13H22N2O3/c1-9-7-12(16)14-10(2)13(17)15(9)8-11-3-5-18-6-4-11/h9-11H,3-8H2,1-2H3,(H,14,16). The number of rotatable bonds is 2. The first-order chi connectivity index (χ1) is 8.58. The lowest BCUT2D eigenvalue weighted by Gasteiger charge is -2.33. The highest BCUT2D eigenvalue weighted by atomic mass is 16.5. The van der Waals surface area contributed by atoms with Crippen molar-refractivity contribution < 1.29 is 14.3 Å². The number of carbonyl (C=O) groups excluding carboxylic acids is 2. The Morgan fingerprint density at radius 2 is 1.94 bits per heavy atom. The van der Waals surface area contributed by atoms with Gasteiger partial charge in [-0.2, -0.15) is 0 Å². The van der Waals surface area contributed by atoms with E-state index in [2.05, 4.69) is 5.32 Å². The van der Waals surface area contributed by atoms with Crippen molar-refractivity contribution in [3.8, 4) is 0 Å². The quantitative estimate of drug-likeness (QED) is 0.782. The molecule has 2 heterocycles. The van der Waals surface area contributed by atoms with E-state index in [9.17, 15) is 9.59 Å². The van der Waals surface area contributed by atoms with Gasteiger partial charge in [0.2, 0.25) is 11.8 Å². The van der Waals surface area contributed by atoms with Crippen molar-refractivity contribution in [1.82, 2.24) is 10.2 Å². The number of nitrogens with zero attached hydrogens (tertiary/aromatic N) is 1. The number of carbonyl (C=O) groups is 2. The first kappa shape index (κ1) is 13.3. The van der Waals surface area contributed by atoms with Crippen molar-refractivity contribution in [2.45, 2.75) is 45.2 Å². The Kier molecular flexibility index (Phi) is 4.22. The van der Waals surface area contributed by atoms with Crippen molar-refractivity contribution in [2.24, 2.45) is 5.92 Å². The molecule has 102 valence electrons. The van der Waals surface area contributed by atoms with Crippen molar-refractivity contribution in [3.05, 3.63) is 0 Å². The molecule has 18 heavy (non-hydrogen) atoms. The third kappa shape index (κ3) is 3.02. The van der Waals surface area contributed by atoms with Gasteiger partial charge in [-0.3, -0.25) is 9.59 Å². The fourth-order valence-electron chi connectivity index (χ4n) is 2.68. The molecule has 0 aromatic rings. The summed E-state index contributed by atoms with van der Waals surface area (Å²) in [6.07, 6.45) is 2.41. The van der Waals surface area contributed by atoms with Gasteiger partial charge in [0.1, 0.15) is 6.04 Å². The summed E-state index contributed by atoms with van der Waals surface area (Å²) in [5.41, 5.74) is 0. The normalized spacial score (nSPS) is 31.1. The van der Waals surface area contributed by atoms with Gasteiger partial charge in [0.25, 0.3) is 0 Å². The molecule has 2 unspecified atom stereocenters. The van der Waals surface area contributed by atoms with E-state index in [1.54, 1.807) is 6.92 Å². The third-order valence-electron chi connectivity index (χ3n) is 3.84. The lowest BCUT2D eigenvalue weighted by Crippen LogP contribution is -2.47. The van der Waals surface area contributed by atoms with Gasteiger partial charge in [-0.25, -0.2) is 0 Å². The Labute approximate surface area is 108 Å². The van der Waals surface area contributed by atoms with Gasteiger partial charge in [-0.05, 0) is 32.6 Å². The average molecular weight is 254 g/mol. The first-order valence-corrected chi connectivity index (χ1v) is 6.75. The smallest absolute Gasteiger partial charge is 0.245 e. The molecular formula is C13H22N2O3. The summed E-state index contributed by atoms with van der Waals surface area (Å²) in [7, 11) is 0. The maximum atomic E-state index is 12.3. The fraction of sp³-hybridized carbons (Fsp3) is 0.846. The van der Waals surface area contributed by atoms with Gasteiger partial charge >= 0.3 is 0 Å². The molecule has 0 aromatic heterocycles. The summed E-state index contributed by atoms with van der Waals surface area (Å²) in [6.45, 7) is 6.04. The molecule has 2 saturated heterocycles. The first-order valence-electron chi connectivity index (χ1n) is 6.75. The maximum Gasteiger partial charge on any atom is 0.245 e. The molecule has 2 amide bonds. The highest BCUT2D eigenvalue weighted by Crippen LogP contribution is 2.20. The van der Waals surface area contributed by atoms with Gasteiger partial charge in [0.15, 0.2) is 0 Å². The van der Waals surface area contributed by atoms with Crippen LogP contribution in [0.2, 0.25) is 0 Å².